The lowest BCUT2D eigenvalue weighted by atomic mass is 10.1. The van der Waals surface area contributed by atoms with E-state index in [1.807, 2.05) is 24.3 Å². The van der Waals surface area contributed by atoms with Crippen LogP contribution in [0.15, 0.2) is 29.6 Å². The minimum atomic E-state index is 0.838. The molecule has 4 nitrogen and oxygen atoms in total. The number of thiazole rings is 1. The lowest BCUT2D eigenvalue weighted by molar-refractivity contribution is 0.219. The average molecular weight is 303 g/mol. The maximum absolute atomic E-state index is 5.35. The second-order valence-electron chi connectivity index (χ2n) is 5.31. The van der Waals surface area contributed by atoms with Gasteiger partial charge < -0.3 is 10.1 Å². The first-order chi connectivity index (χ1) is 10.3. The van der Waals surface area contributed by atoms with E-state index in [4.69, 9.17) is 4.74 Å². The first-order valence-electron chi connectivity index (χ1n) is 7.42. The second kappa shape index (κ2) is 6.91. The van der Waals surface area contributed by atoms with Crippen LogP contribution in [0.2, 0.25) is 0 Å². The molecule has 1 N–H and O–H groups in total. The summed E-state index contributed by atoms with van der Waals surface area (Å²) in [4.78, 5) is 7.18. The van der Waals surface area contributed by atoms with Crippen LogP contribution in [-0.4, -0.2) is 30.1 Å². The summed E-state index contributed by atoms with van der Waals surface area (Å²) in [6.45, 7) is 3.36. The zero-order chi connectivity index (χ0) is 14.5. The van der Waals surface area contributed by atoms with E-state index in [-0.39, 0.29) is 0 Å². The molecule has 1 aliphatic heterocycles. The minimum Gasteiger partial charge on any atom is -0.495 e. The van der Waals surface area contributed by atoms with Crippen molar-refractivity contribution in [1.29, 1.82) is 0 Å². The molecule has 2 aromatic rings. The second-order valence-corrected chi connectivity index (χ2v) is 6.16. The van der Waals surface area contributed by atoms with Crippen molar-refractivity contribution in [2.45, 2.75) is 25.8 Å². The molecule has 1 aromatic heterocycles. The molecule has 0 bridgehead atoms. The van der Waals surface area contributed by atoms with Crippen LogP contribution in [0.4, 0.5) is 10.8 Å². The summed E-state index contributed by atoms with van der Waals surface area (Å²) in [6, 6.07) is 7.91. The fraction of sp³-hybridized carbons (Fsp3) is 0.438. The van der Waals surface area contributed by atoms with Gasteiger partial charge >= 0.3 is 0 Å². The molecule has 1 fully saturated rings. The number of hydrogen-bond donors (Lipinski definition) is 1. The van der Waals surface area contributed by atoms with Gasteiger partial charge in [-0.1, -0.05) is 18.6 Å². The normalized spacial score (nSPS) is 15.9. The SMILES string of the molecule is COc1ccccc1Nc1nc(CN2CCCCC2)cs1. The Hall–Kier alpha value is -1.59. The van der Waals surface area contributed by atoms with Crippen molar-refractivity contribution in [3.8, 4) is 5.75 Å². The van der Waals surface area contributed by atoms with Crippen molar-refractivity contribution in [2.75, 3.05) is 25.5 Å². The number of rotatable bonds is 5. The van der Waals surface area contributed by atoms with Crippen molar-refractivity contribution in [1.82, 2.24) is 9.88 Å². The first kappa shape index (κ1) is 14.4. The van der Waals surface area contributed by atoms with Crippen LogP contribution in [0.5, 0.6) is 5.75 Å². The van der Waals surface area contributed by atoms with Gasteiger partial charge in [-0.3, -0.25) is 4.90 Å². The molecule has 0 aliphatic carbocycles. The van der Waals surface area contributed by atoms with Gasteiger partial charge in [0.2, 0.25) is 0 Å². The van der Waals surface area contributed by atoms with E-state index < -0.39 is 0 Å². The summed E-state index contributed by atoms with van der Waals surface area (Å²) in [5, 5.41) is 6.41. The molecule has 112 valence electrons. The number of anilines is 2. The van der Waals surface area contributed by atoms with E-state index in [1.165, 1.54) is 32.4 Å². The first-order valence-corrected chi connectivity index (χ1v) is 8.30. The largest absolute Gasteiger partial charge is 0.495 e. The monoisotopic (exact) mass is 303 g/mol. The van der Waals surface area contributed by atoms with E-state index >= 15 is 0 Å². The van der Waals surface area contributed by atoms with Crippen molar-refractivity contribution < 1.29 is 4.74 Å². The molecule has 0 atom stereocenters. The van der Waals surface area contributed by atoms with Crippen molar-refractivity contribution in [3.05, 3.63) is 35.3 Å². The summed E-state index contributed by atoms with van der Waals surface area (Å²) in [5.74, 6) is 0.838. The molecule has 5 heteroatoms. The lowest BCUT2D eigenvalue weighted by Crippen LogP contribution is -2.29. The highest BCUT2D eigenvalue weighted by Crippen LogP contribution is 2.28. The third kappa shape index (κ3) is 3.74. The number of methoxy groups -OCH3 is 1. The van der Waals surface area contributed by atoms with Crippen LogP contribution in [0.1, 0.15) is 25.0 Å². The van der Waals surface area contributed by atoms with Gasteiger partial charge in [-0.25, -0.2) is 4.98 Å². The van der Waals surface area contributed by atoms with Gasteiger partial charge in [-0.15, -0.1) is 11.3 Å². The Kier molecular flexibility index (Phi) is 4.72. The zero-order valence-corrected chi connectivity index (χ0v) is 13.2. The molecule has 0 unspecified atom stereocenters. The summed E-state index contributed by atoms with van der Waals surface area (Å²) in [5.41, 5.74) is 2.11. The van der Waals surface area contributed by atoms with Gasteiger partial charge in [-0.2, -0.15) is 0 Å². The molecule has 1 aromatic carbocycles. The Morgan fingerprint density at radius 2 is 2.05 bits per heavy atom. The van der Waals surface area contributed by atoms with Gasteiger partial charge in [0.1, 0.15) is 5.75 Å². The predicted octanol–water partition coefficient (Wildman–Crippen LogP) is 3.88. The Balaban J connectivity index is 1.64. The lowest BCUT2D eigenvalue weighted by Gasteiger charge is -2.25. The Morgan fingerprint density at radius 3 is 2.86 bits per heavy atom. The fourth-order valence-corrected chi connectivity index (χ4v) is 3.36. The number of likely N-dealkylation sites (tertiary alicyclic amines) is 1. The maximum atomic E-state index is 5.35. The maximum Gasteiger partial charge on any atom is 0.187 e. The third-order valence-electron chi connectivity index (χ3n) is 3.73. The molecular formula is C16H21N3OS. The van der Waals surface area contributed by atoms with Gasteiger partial charge in [0.15, 0.2) is 5.13 Å². The molecule has 3 rings (SSSR count). The molecule has 21 heavy (non-hydrogen) atoms. The van der Waals surface area contributed by atoms with E-state index in [0.717, 1.165) is 28.8 Å². The highest BCUT2D eigenvalue weighted by atomic mass is 32.1. The number of para-hydroxylation sites is 2. The number of piperidine rings is 1. The van der Waals surface area contributed by atoms with Crippen molar-refractivity contribution >= 4 is 22.2 Å². The molecule has 0 saturated carbocycles. The zero-order valence-electron chi connectivity index (χ0n) is 12.3. The molecule has 2 heterocycles. The van der Waals surface area contributed by atoms with Gasteiger partial charge in [0.05, 0.1) is 18.5 Å². The Labute approximate surface area is 129 Å². The van der Waals surface area contributed by atoms with Crippen molar-refractivity contribution in [2.24, 2.45) is 0 Å². The molecule has 1 saturated heterocycles. The Morgan fingerprint density at radius 1 is 1.24 bits per heavy atom. The predicted molar refractivity (Wildman–Crippen MR) is 87.5 cm³/mol. The van der Waals surface area contributed by atoms with Gasteiger partial charge in [0, 0.05) is 11.9 Å². The summed E-state index contributed by atoms with van der Waals surface area (Å²) < 4.78 is 5.35. The quantitative estimate of drug-likeness (QED) is 0.909. The van der Waals surface area contributed by atoms with Crippen LogP contribution in [-0.2, 0) is 6.54 Å². The number of ether oxygens (including phenoxy) is 1. The number of aromatic nitrogens is 1. The van der Waals surface area contributed by atoms with Gasteiger partial charge in [-0.05, 0) is 38.1 Å². The third-order valence-corrected chi connectivity index (χ3v) is 4.54. The smallest absolute Gasteiger partial charge is 0.187 e. The number of nitrogens with zero attached hydrogens (tertiary/aromatic N) is 2. The van der Waals surface area contributed by atoms with Crippen LogP contribution in [0.3, 0.4) is 0 Å². The van der Waals surface area contributed by atoms with Crippen molar-refractivity contribution in [3.63, 3.8) is 0 Å². The fourth-order valence-electron chi connectivity index (χ4n) is 2.65. The molecule has 0 amide bonds. The summed E-state index contributed by atoms with van der Waals surface area (Å²) >= 11 is 1.65. The number of benzene rings is 1. The van der Waals surface area contributed by atoms with Crippen LogP contribution < -0.4 is 10.1 Å². The molecule has 1 aliphatic rings. The molecule has 0 radical (unpaired) electrons. The van der Waals surface area contributed by atoms with E-state index in [9.17, 15) is 0 Å². The van der Waals surface area contributed by atoms with Crippen LogP contribution in [0.25, 0.3) is 0 Å². The summed E-state index contributed by atoms with van der Waals surface area (Å²) in [7, 11) is 1.68. The standard InChI is InChI=1S/C16H21N3OS/c1-20-15-8-4-3-7-14(15)18-16-17-13(12-21-16)11-19-9-5-2-6-10-19/h3-4,7-8,12H,2,5-6,9-11H2,1H3,(H,17,18). The Bertz CT molecular complexity index is 578. The van der Waals surface area contributed by atoms with Crippen LogP contribution >= 0.6 is 11.3 Å². The van der Waals surface area contributed by atoms with Crippen LogP contribution in [0, 0.1) is 0 Å². The average Bonchev–Trinajstić information content (AvgIpc) is 2.96. The summed E-state index contributed by atoms with van der Waals surface area (Å²) in [6.07, 6.45) is 4.00. The van der Waals surface area contributed by atoms with E-state index in [2.05, 4.69) is 20.6 Å². The number of nitrogens with one attached hydrogen (secondary N) is 1. The minimum absolute atomic E-state index is 0.838. The molecular weight excluding hydrogens is 282 g/mol. The topological polar surface area (TPSA) is 37.4 Å². The highest BCUT2D eigenvalue weighted by Gasteiger charge is 2.12. The van der Waals surface area contributed by atoms with E-state index in [1.54, 1.807) is 18.4 Å². The number of hydrogen-bond acceptors (Lipinski definition) is 5. The highest BCUT2D eigenvalue weighted by molar-refractivity contribution is 7.13. The van der Waals surface area contributed by atoms with Gasteiger partial charge in [0.25, 0.3) is 0 Å². The van der Waals surface area contributed by atoms with E-state index in [0.29, 0.717) is 0 Å². The molecule has 0 spiro atoms.